The molecule has 0 saturated carbocycles. The summed E-state index contributed by atoms with van der Waals surface area (Å²) in [7, 11) is 1.64. The fourth-order valence-corrected chi connectivity index (χ4v) is 4.31. The van der Waals surface area contributed by atoms with Crippen molar-refractivity contribution in [2.45, 2.75) is 32.0 Å². The van der Waals surface area contributed by atoms with Gasteiger partial charge in [0.05, 0.1) is 19.4 Å². The highest BCUT2D eigenvalue weighted by Crippen LogP contribution is 2.39. The summed E-state index contributed by atoms with van der Waals surface area (Å²) in [4.78, 5) is 29.0. The first kappa shape index (κ1) is 20.1. The van der Waals surface area contributed by atoms with Crippen LogP contribution in [0.15, 0.2) is 48.5 Å². The Labute approximate surface area is 176 Å². The van der Waals surface area contributed by atoms with E-state index in [0.717, 1.165) is 22.6 Å². The number of amides is 2. The topological polar surface area (TPSA) is 71.1 Å². The molecule has 2 heterocycles. The van der Waals surface area contributed by atoms with Crippen LogP contribution in [0.3, 0.4) is 0 Å². The van der Waals surface area contributed by atoms with Crippen LogP contribution in [0, 0.1) is 0 Å². The van der Waals surface area contributed by atoms with Crippen LogP contribution in [0.1, 0.15) is 41.9 Å². The van der Waals surface area contributed by atoms with Crippen molar-refractivity contribution >= 4 is 17.7 Å². The van der Waals surface area contributed by atoms with Gasteiger partial charge in [-0.15, -0.1) is 0 Å². The van der Waals surface area contributed by atoms with Gasteiger partial charge in [0.1, 0.15) is 11.9 Å². The molecule has 1 fully saturated rings. The van der Waals surface area contributed by atoms with Crippen LogP contribution >= 0.6 is 0 Å². The molecule has 0 aliphatic carbocycles. The third kappa shape index (κ3) is 3.67. The van der Waals surface area contributed by atoms with Gasteiger partial charge in [-0.3, -0.25) is 4.79 Å². The van der Waals surface area contributed by atoms with Gasteiger partial charge in [0.15, 0.2) is 0 Å². The summed E-state index contributed by atoms with van der Waals surface area (Å²) in [6.45, 7) is 3.32. The molecule has 0 spiro atoms. The van der Waals surface area contributed by atoms with E-state index in [-0.39, 0.29) is 24.2 Å². The van der Waals surface area contributed by atoms with E-state index in [1.165, 1.54) is 0 Å². The van der Waals surface area contributed by atoms with Gasteiger partial charge in [-0.1, -0.05) is 30.3 Å². The Hall–Kier alpha value is -3.22. The molecule has 7 nitrogen and oxygen atoms in total. The van der Waals surface area contributed by atoms with Crippen molar-refractivity contribution in [2.75, 3.05) is 32.1 Å². The minimum absolute atomic E-state index is 0.0209. The average molecular weight is 409 g/mol. The number of benzene rings is 2. The van der Waals surface area contributed by atoms with Crippen molar-refractivity contribution in [3.05, 3.63) is 59.7 Å². The first-order valence-corrected chi connectivity index (χ1v) is 10.4. The van der Waals surface area contributed by atoms with Crippen LogP contribution in [0.4, 0.5) is 10.5 Å². The van der Waals surface area contributed by atoms with Crippen LogP contribution < -0.4 is 10.1 Å². The second-order valence-electron chi connectivity index (χ2n) is 7.46. The molecule has 7 heteroatoms. The van der Waals surface area contributed by atoms with Crippen molar-refractivity contribution in [1.82, 2.24) is 9.80 Å². The third-order valence-electron chi connectivity index (χ3n) is 5.78. The lowest BCUT2D eigenvalue weighted by molar-refractivity contribution is 0.0496. The lowest BCUT2D eigenvalue weighted by Crippen LogP contribution is -2.49. The minimum Gasteiger partial charge on any atom is -0.495 e. The number of likely N-dealkylation sites (tertiary alicyclic amines) is 1. The van der Waals surface area contributed by atoms with Gasteiger partial charge in [-0.2, -0.15) is 0 Å². The van der Waals surface area contributed by atoms with Gasteiger partial charge in [-0.25, -0.2) is 4.79 Å². The van der Waals surface area contributed by atoms with E-state index in [2.05, 4.69) is 5.32 Å². The van der Waals surface area contributed by atoms with Crippen molar-refractivity contribution in [1.29, 1.82) is 0 Å². The van der Waals surface area contributed by atoms with Crippen LogP contribution in [-0.4, -0.2) is 54.6 Å². The first-order chi connectivity index (χ1) is 14.6. The first-order valence-electron chi connectivity index (χ1n) is 10.4. The molecule has 4 rings (SSSR count). The quantitative estimate of drug-likeness (QED) is 0.811. The molecule has 0 radical (unpaired) electrons. The molecule has 2 amide bonds. The molecule has 2 aromatic carbocycles. The maximum atomic E-state index is 13.3. The number of hydrogen-bond acceptors (Lipinski definition) is 5. The molecular weight excluding hydrogens is 382 g/mol. The molecule has 0 aromatic heterocycles. The molecule has 0 bridgehead atoms. The maximum Gasteiger partial charge on any atom is 0.409 e. The maximum absolute atomic E-state index is 13.3. The summed E-state index contributed by atoms with van der Waals surface area (Å²) < 4.78 is 10.6. The SMILES string of the molecule is CCOC(=O)N1CCC(N2C(=O)c3ccccc3[C@@H]2Nc2ccccc2OC)CC1. The van der Waals surface area contributed by atoms with Gasteiger partial charge in [0.25, 0.3) is 5.91 Å². The Bertz CT molecular complexity index is 924. The Morgan fingerprint density at radius 3 is 2.53 bits per heavy atom. The predicted molar refractivity (Wildman–Crippen MR) is 114 cm³/mol. The van der Waals surface area contributed by atoms with Crippen LogP contribution in [0.25, 0.3) is 0 Å². The Balaban J connectivity index is 1.58. The monoisotopic (exact) mass is 409 g/mol. The van der Waals surface area contributed by atoms with Crippen LogP contribution in [0.5, 0.6) is 5.75 Å². The fourth-order valence-electron chi connectivity index (χ4n) is 4.31. The highest BCUT2D eigenvalue weighted by molar-refractivity contribution is 5.99. The number of hydrogen-bond donors (Lipinski definition) is 1. The second-order valence-corrected chi connectivity index (χ2v) is 7.46. The summed E-state index contributed by atoms with van der Waals surface area (Å²) in [5, 5.41) is 3.52. The van der Waals surface area contributed by atoms with Gasteiger partial charge in [-0.05, 0) is 38.0 Å². The van der Waals surface area contributed by atoms with E-state index >= 15 is 0 Å². The summed E-state index contributed by atoms with van der Waals surface area (Å²) in [5.74, 6) is 0.749. The number of methoxy groups -OCH3 is 1. The van der Waals surface area contributed by atoms with Crippen LogP contribution in [0.2, 0.25) is 0 Å². The van der Waals surface area contributed by atoms with E-state index in [1.54, 1.807) is 18.9 Å². The predicted octanol–water partition coefficient (Wildman–Crippen LogP) is 3.88. The fraction of sp³-hybridized carbons (Fsp3) is 0.391. The summed E-state index contributed by atoms with van der Waals surface area (Å²) >= 11 is 0. The third-order valence-corrected chi connectivity index (χ3v) is 5.78. The Morgan fingerprint density at radius 2 is 1.80 bits per heavy atom. The van der Waals surface area contributed by atoms with Crippen LogP contribution in [-0.2, 0) is 4.74 Å². The molecule has 2 aliphatic heterocycles. The number of carbonyl (C=O) groups is 2. The van der Waals surface area contributed by atoms with E-state index in [0.29, 0.717) is 32.5 Å². The Morgan fingerprint density at radius 1 is 1.10 bits per heavy atom. The van der Waals surface area contributed by atoms with Crippen molar-refractivity contribution in [2.24, 2.45) is 0 Å². The number of nitrogens with one attached hydrogen (secondary N) is 1. The molecule has 158 valence electrons. The lowest BCUT2D eigenvalue weighted by Gasteiger charge is -2.39. The summed E-state index contributed by atoms with van der Waals surface area (Å²) in [5.41, 5.74) is 2.52. The van der Waals surface area contributed by atoms with E-state index < -0.39 is 0 Å². The van der Waals surface area contributed by atoms with Crippen molar-refractivity contribution < 1.29 is 19.1 Å². The van der Waals surface area contributed by atoms with Gasteiger partial charge < -0.3 is 24.6 Å². The molecule has 2 aromatic rings. The smallest absolute Gasteiger partial charge is 0.409 e. The molecular formula is C23H27N3O4. The number of piperidine rings is 1. The lowest BCUT2D eigenvalue weighted by atomic mass is 10.0. The van der Waals surface area contributed by atoms with E-state index in [1.807, 2.05) is 53.4 Å². The van der Waals surface area contributed by atoms with Gasteiger partial charge in [0, 0.05) is 30.3 Å². The highest BCUT2D eigenvalue weighted by atomic mass is 16.6. The average Bonchev–Trinajstić information content (AvgIpc) is 3.06. The van der Waals surface area contributed by atoms with E-state index in [9.17, 15) is 9.59 Å². The number of fused-ring (bicyclic) bond motifs is 1. The zero-order valence-electron chi connectivity index (χ0n) is 17.3. The molecule has 2 aliphatic rings. The molecule has 0 unspecified atom stereocenters. The number of ether oxygens (including phenoxy) is 2. The summed E-state index contributed by atoms with van der Waals surface area (Å²) in [6, 6.07) is 15.5. The van der Waals surface area contributed by atoms with Gasteiger partial charge in [0.2, 0.25) is 0 Å². The molecule has 1 atom stereocenters. The van der Waals surface area contributed by atoms with Crippen molar-refractivity contribution in [3.63, 3.8) is 0 Å². The molecule has 1 saturated heterocycles. The second kappa shape index (κ2) is 8.65. The largest absolute Gasteiger partial charge is 0.495 e. The van der Waals surface area contributed by atoms with E-state index in [4.69, 9.17) is 9.47 Å². The number of carbonyl (C=O) groups excluding carboxylic acids is 2. The zero-order valence-corrected chi connectivity index (χ0v) is 17.3. The standard InChI is InChI=1S/C23H27N3O4/c1-3-30-23(28)25-14-12-16(13-15-25)26-21(17-8-4-5-9-18(17)22(26)27)24-19-10-6-7-11-20(19)29-2/h4-11,16,21,24H,3,12-15H2,1-2H3/t21-/m1/s1. The molecule has 30 heavy (non-hydrogen) atoms. The summed E-state index contributed by atoms with van der Waals surface area (Å²) in [6.07, 6.45) is 0.852. The number of anilines is 1. The van der Waals surface area contributed by atoms with Gasteiger partial charge >= 0.3 is 6.09 Å². The number of nitrogens with zero attached hydrogens (tertiary/aromatic N) is 2. The Kier molecular flexibility index (Phi) is 5.79. The number of rotatable bonds is 5. The normalized spacial score (nSPS) is 18.9. The zero-order chi connectivity index (χ0) is 21.1. The minimum atomic E-state index is -0.288. The highest BCUT2D eigenvalue weighted by Gasteiger charge is 2.42. The van der Waals surface area contributed by atoms with Crippen molar-refractivity contribution in [3.8, 4) is 5.75 Å². The number of para-hydroxylation sites is 2. The molecule has 1 N–H and O–H groups in total.